The van der Waals surface area contributed by atoms with Crippen LogP contribution in [0, 0.1) is 13.8 Å². The van der Waals surface area contributed by atoms with Crippen molar-refractivity contribution in [1.82, 2.24) is 9.13 Å². The van der Waals surface area contributed by atoms with Crippen molar-refractivity contribution in [2.45, 2.75) is 66.3 Å². The Kier molecular flexibility index (Phi) is 5.28. The summed E-state index contributed by atoms with van der Waals surface area (Å²) >= 11 is 0. The number of allylic oxidation sites excluding steroid dienone is 1. The Morgan fingerprint density at radius 3 is 2.23 bits per heavy atom. The molecule has 3 nitrogen and oxygen atoms in total. The zero-order chi connectivity index (χ0) is 16.3. The van der Waals surface area contributed by atoms with Gasteiger partial charge in [0.2, 0.25) is 0 Å². The third-order valence-electron chi connectivity index (χ3n) is 4.41. The number of aryl methyl sites for hydroxylation is 3. The highest BCUT2D eigenvalue weighted by Crippen LogP contribution is 2.21. The Bertz CT molecular complexity index is 734. The van der Waals surface area contributed by atoms with Crippen LogP contribution in [0.1, 0.15) is 57.1 Å². The summed E-state index contributed by atoms with van der Waals surface area (Å²) in [6.45, 7) is 13.1. The molecule has 0 aliphatic carbocycles. The Morgan fingerprint density at radius 2 is 1.64 bits per heavy atom. The van der Waals surface area contributed by atoms with Crippen molar-refractivity contribution in [2.24, 2.45) is 0 Å². The van der Waals surface area contributed by atoms with E-state index in [4.69, 9.17) is 0 Å². The van der Waals surface area contributed by atoms with E-state index in [2.05, 4.69) is 39.5 Å². The molecule has 2 rings (SSSR count). The summed E-state index contributed by atoms with van der Waals surface area (Å²) in [7, 11) is 0. The number of imidazole rings is 1. The minimum Gasteiger partial charge on any atom is -0.292 e. The highest BCUT2D eigenvalue weighted by Gasteiger charge is 2.14. The van der Waals surface area contributed by atoms with Crippen molar-refractivity contribution in [3.8, 4) is 0 Å². The SMILES string of the molecule is C=C(C)n1c(=O)n(CCCCCCC)c2cc(C)c(C)cc21. The monoisotopic (exact) mass is 300 g/mol. The van der Waals surface area contributed by atoms with Crippen LogP contribution in [-0.4, -0.2) is 9.13 Å². The molecular weight excluding hydrogens is 272 g/mol. The molecule has 1 heterocycles. The van der Waals surface area contributed by atoms with E-state index in [1.165, 1.54) is 36.8 Å². The average Bonchev–Trinajstić information content (AvgIpc) is 2.71. The predicted molar refractivity (Wildman–Crippen MR) is 95.4 cm³/mol. The van der Waals surface area contributed by atoms with Gasteiger partial charge in [-0.2, -0.15) is 0 Å². The Hall–Kier alpha value is -1.77. The van der Waals surface area contributed by atoms with Crippen molar-refractivity contribution >= 4 is 16.7 Å². The van der Waals surface area contributed by atoms with Crippen LogP contribution in [0.3, 0.4) is 0 Å². The molecule has 0 N–H and O–H groups in total. The summed E-state index contributed by atoms with van der Waals surface area (Å²) in [4.78, 5) is 12.7. The number of nitrogens with zero attached hydrogens (tertiary/aromatic N) is 2. The minimum absolute atomic E-state index is 0.0444. The normalized spacial score (nSPS) is 11.3. The number of aromatic nitrogens is 2. The van der Waals surface area contributed by atoms with Crippen LogP contribution in [0.5, 0.6) is 0 Å². The van der Waals surface area contributed by atoms with Crippen molar-refractivity contribution in [3.63, 3.8) is 0 Å². The van der Waals surface area contributed by atoms with Gasteiger partial charge in [0.25, 0.3) is 0 Å². The Balaban J connectivity index is 2.40. The zero-order valence-electron chi connectivity index (χ0n) is 14.4. The van der Waals surface area contributed by atoms with Crippen molar-refractivity contribution in [2.75, 3.05) is 0 Å². The van der Waals surface area contributed by atoms with Crippen LogP contribution in [0.25, 0.3) is 16.7 Å². The first-order valence-corrected chi connectivity index (χ1v) is 8.35. The standard InChI is InChI=1S/C19H28N2O/c1-6-7-8-9-10-11-20-17-12-15(4)16(5)13-18(17)21(14(2)3)19(20)22/h12-13H,2,6-11H2,1,3-5H3. The zero-order valence-corrected chi connectivity index (χ0v) is 14.4. The smallest absolute Gasteiger partial charge is 0.292 e. The summed E-state index contributed by atoms with van der Waals surface area (Å²) in [5.41, 5.74) is 5.28. The molecule has 1 aromatic heterocycles. The second-order valence-electron chi connectivity index (χ2n) is 6.34. The molecular formula is C19H28N2O. The van der Waals surface area contributed by atoms with Gasteiger partial charge in [-0.25, -0.2) is 4.79 Å². The molecule has 0 spiro atoms. The lowest BCUT2D eigenvalue weighted by Crippen LogP contribution is -2.23. The number of fused-ring (bicyclic) bond motifs is 1. The first kappa shape index (κ1) is 16.6. The molecule has 22 heavy (non-hydrogen) atoms. The van der Waals surface area contributed by atoms with E-state index in [1.807, 2.05) is 11.5 Å². The first-order chi connectivity index (χ1) is 10.5. The van der Waals surface area contributed by atoms with Crippen LogP contribution in [0.2, 0.25) is 0 Å². The van der Waals surface area contributed by atoms with E-state index < -0.39 is 0 Å². The van der Waals surface area contributed by atoms with Crippen molar-refractivity contribution < 1.29 is 0 Å². The highest BCUT2D eigenvalue weighted by atomic mass is 16.1. The van der Waals surface area contributed by atoms with Gasteiger partial charge >= 0.3 is 5.69 Å². The largest absolute Gasteiger partial charge is 0.333 e. The van der Waals surface area contributed by atoms with Crippen LogP contribution in [0.15, 0.2) is 23.5 Å². The quantitative estimate of drug-likeness (QED) is 0.669. The van der Waals surface area contributed by atoms with Crippen LogP contribution >= 0.6 is 0 Å². The average molecular weight is 300 g/mol. The molecule has 0 saturated heterocycles. The molecule has 3 heteroatoms. The molecule has 120 valence electrons. The third kappa shape index (κ3) is 3.18. The van der Waals surface area contributed by atoms with Gasteiger partial charge in [-0.05, 0) is 50.5 Å². The Labute approximate surface area is 133 Å². The second-order valence-corrected chi connectivity index (χ2v) is 6.34. The number of hydrogen-bond acceptors (Lipinski definition) is 1. The molecule has 0 aliphatic heterocycles. The third-order valence-corrected chi connectivity index (χ3v) is 4.41. The molecule has 0 radical (unpaired) electrons. The van der Waals surface area contributed by atoms with E-state index in [-0.39, 0.29) is 5.69 Å². The first-order valence-electron chi connectivity index (χ1n) is 8.35. The van der Waals surface area contributed by atoms with E-state index in [9.17, 15) is 4.79 Å². The summed E-state index contributed by atoms with van der Waals surface area (Å²) in [5, 5.41) is 0. The number of hydrogen-bond donors (Lipinski definition) is 0. The van der Waals surface area contributed by atoms with Crippen molar-refractivity contribution in [3.05, 3.63) is 40.3 Å². The van der Waals surface area contributed by atoms with Gasteiger partial charge in [0.05, 0.1) is 11.0 Å². The lowest BCUT2D eigenvalue weighted by atomic mass is 10.1. The van der Waals surface area contributed by atoms with Crippen LogP contribution < -0.4 is 5.69 Å². The van der Waals surface area contributed by atoms with Gasteiger partial charge in [0, 0.05) is 12.2 Å². The molecule has 1 aromatic carbocycles. The van der Waals surface area contributed by atoms with Gasteiger partial charge in [-0.1, -0.05) is 39.2 Å². The lowest BCUT2D eigenvalue weighted by molar-refractivity contribution is 0.565. The van der Waals surface area contributed by atoms with E-state index in [0.717, 1.165) is 29.7 Å². The lowest BCUT2D eigenvalue weighted by Gasteiger charge is -2.05. The van der Waals surface area contributed by atoms with Gasteiger partial charge in [-0.3, -0.25) is 9.13 Å². The fourth-order valence-electron chi connectivity index (χ4n) is 2.97. The summed E-state index contributed by atoms with van der Waals surface area (Å²) in [6, 6.07) is 4.24. The van der Waals surface area contributed by atoms with E-state index in [1.54, 1.807) is 4.57 Å². The molecule has 0 saturated carbocycles. The topological polar surface area (TPSA) is 26.9 Å². The number of benzene rings is 1. The molecule has 0 unspecified atom stereocenters. The minimum atomic E-state index is 0.0444. The molecule has 0 atom stereocenters. The Morgan fingerprint density at radius 1 is 1.05 bits per heavy atom. The maximum atomic E-state index is 12.7. The highest BCUT2D eigenvalue weighted by molar-refractivity contribution is 5.81. The fraction of sp³-hybridized carbons (Fsp3) is 0.526. The predicted octanol–water partition coefficient (Wildman–Crippen LogP) is 4.88. The molecule has 2 aromatic rings. The van der Waals surface area contributed by atoms with Gasteiger partial charge < -0.3 is 0 Å². The fourth-order valence-corrected chi connectivity index (χ4v) is 2.97. The molecule has 0 bridgehead atoms. The molecule has 0 fully saturated rings. The number of unbranched alkanes of at least 4 members (excludes halogenated alkanes) is 4. The summed E-state index contributed by atoms with van der Waals surface area (Å²) in [5.74, 6) is 0. The van der Waals surface area contributed by atoms with Crippen LogP contribution in [-0.2, 0) is 6.54 Å². The molecule has 0 amide bonds. The maximum absolute atomic E-state index is 12.7. The molecule has 0 aliphatic rings. The number of rotatable bonds is 7. The van der Waals surface area contributed by atoms with Gasteiger partial charge in [0.1, 0.15) is 0 Å². The summed E-state index contributed by atoms with van der Waals surface area (Å²) in [6.07, 6.45) is 6.02. The van der Waals surface area contributed by atoms with Crippen LogP contribution in [0.4, 0.5) is 0 Å². The van der Waals surface area contributed by atoms with Gasteiger partial charge in [-0.15, -0.1) is 0 Å². The van der Waals surface area contributed by atoms with Crippen molar-refractivity contribution in [1.29, 1.82) is 0 Å². The van der Waals surface area contributed by atoms with E-state index in [0.29, 0.717) is 0 Å². The second kappa shape index (κ2) is 6.99. The summed E-state index contributed by atoms with van der Waals surface area (Å²) < 4.78 is 3.66. The van der Waals surface area contributed by atoms with Gasteiger partial charge in [0.15, 0.2) is 0 Å². The van der Waals surface area contributed by atoms with E-state index >= 15 is 0 Å². The maximum Gasteiger partial charge on any atom is 0.333 e.